The number of hydrogen-bond donors (Lipinski definition) is 3. The van der Waals surface area contributed by atoms with Crippen molar-refractivity contribution in [2.45, 2.75) is 6.54 Å². The van der Waals surface area contributed by atoms with Crippen LogP contribution in [0.5, 0.6) is 5.75 Å². The van der Waals surface area contributed by atoms with Crippen molar-refractivity contribution >= 4 is 27.5 Å². The number of nitrogens with two attached hydrogens (primary N) is 1. The number of amides is 1. The largest absolute Gasteiger partial charge is 0.508 e. The maximum Gasteiger partial charge on any atom is 0.252 e. The second-order valence-electron chi connectivity index (χ2n) is 4.17. The van der Waals surface area contributed by atoms with Gasteiger partial charge in [0.15, 0.2) is 0 Å². The Morgan fingerprint density at radius 3 is 2.85 bits per heavy atom. The van der Waals surface area contributed by atoms with E-state index < -0.39 is 11.7 Å². The molecule has 4 N–H and O–H groups in total. The van der Waals surface area contributed by atoms with Crippen LogP contribution in [0.4, 0.5) is 10.1 Å². The summed E-state index contributed by atoms with van der Waals surface area (Å²) in [4.78, 5) is 12.0. The topological polar surface area (TPSA) is 75.3 Å². The minimum absolute atomic E-state index is 0.0396. The maximum absolute atomic E-state index is 13.3. The fourth-order valence-corrected chi connectivity index (χ4v) is 2.14. The van der Waals surface area contributed by atoms with Crippen LogP contribution < -0.4 is 11.1 Å². The zero-order valence-electron chi connectivity index (χ0n) is 10.4. The molecule has 0 bridgehead atoms. The summed E-state index contributed by atoms with van der Waals surface area (Å²) in [6.07, 6.45) is 0. The van der Waals surface area contributed by atoms with Gasteiger partial charge in [0.05, 0.1) is 10.0 Å². The summed E-state index contributed by atoms with van der Waals surface area (Å²) in [5.41, 5.74) is 6.77. The van der Waals surface area contributed by atoms with E-state index in [1.54, 1.807) is 12.1 Å². The van der Waals surface area contributed by atoms with Gasteiger partial charge in [0.1, 0.15) is 11.6 Å². The number of nitrogen functional groups attached to an aromatic ring is 1. The first-order valence-corrected chi connectivity index (χ1v) is 6.58. The van der Waals surface area contributed by atoms with Crippen LogP contribution in [0.25, 0.3) is 0 Å². The predicted molar refractivity (Wildman–Crippen MR) is 77.8 cm³/mol. The van der Waals surface area contributed by atoms with Crippen LogP contribution in [0.15, 0.2) is 40.9 Å². The lowest BCUT2D eigenvalue weighted by atomic mass is 10.1. The molecule has 6 heteroatoms. The number of hydrogen-bond acceptors (Lipinski definition) is 3. The SMILES string of the molecule is Nc1ccc(O)c(CNC(=O)c2cccc(F)c2Br)c1. The Morgan fingerprint density at radius 2 is 2.10 bits per heavy atom. The van der Waals surface area contributed by atoms with Crippen LogP contribution in [0.2, 0.25) is 0 Å². The first-order chi connectivity index (χ1) is 9.49. The second kappa shape index (κ2) is 5.92. The highest BCUT2D eigenvalue weighted by Gasteiger charge is 2.13. The van der Waals surface area contributed by atoms with Gasteiger partial charge in [0.25, 0.3) is 5.91 Å². The van der Waals surface area contributed by atoms with Gasteiger partial charge >= 0.3 is 0 Å². The minimum Gasteiger partial charge on any atom is -0.508 e. The summed E-state index contributed by atoms with van der Waals surface area (Å²) < 4.78 is 13.4. The first kappa shape index (κ1) is 14.3. The number of phenols is 1. The molecule has 0 heterocycles. The Bertz CT molecular complexity index is 662. The van der Waals surface area contributed by atoms with Gasteiger partial charge in [0, 0.05) is 17.8 Å². The van der Waals surface area contributed by atoms with Gasteiger partial charge in [-0.05, 0) is 46.3 Å². The molecule has 4 nitrogen and oxygen atoms in total. The summed E-state index contributed by atoms with van der Waals surface area (Å²) in [7, 11) is 0. The highest BCUT2D eigenvalue weighted by molar-refractivity contribution is 9.10. The molecule has 0 radical (unpaired) electrons. The van der Waals surface area contributed by atoms with Crippen molar-refractivity contribution in [3.63, 3.8) is 0 Å². The standard InChI is InChI=1S/C14H12BrFN2O2/c15-13-10(2-1-3-11(13)16)14(20)18-7-8-6-9(17)4-5-12(8)19/h1-6,19H,7,17H2,(H,18,20). The number of aromatic hydroxyl groups is 1. The highest BCUT2D eigenvalue weighted by Crippen LogP contribution is 2.22. The van der Waals surface area contributed by atoms with E-state index in [0.717, 1.165) is 0 Å². The average Bonchev–Trinajstić information content (AvgIpc) is 2.42. The van der Waals surface area contributed by atoms with Gasteiger partial charge in [-0.1, -0.05) is 6.07 Å². The summed E-state index contributed by atoms with van der Waals surface area (Å²) >= 11 is 3.03. The molecule has 0 aromatic heterocycles. The molecule has 0 aliphatic carbocycles. The lowest BCUT2D eigenvalue weighted by Crippen LogP contribution is -2.23. The molecule has 0 atom stereocenters. The lowest BCUT2D eigenvalue weighted by Gasteiger charge is -2.09. The smallest absolute Gasteiger partial charge is 0.252 e. The molecule has 0 fully saturated rings. The van der Waals surface area contributed by atoms with E-state index >= 15 is 0 Å². The summed E-state index contributed by atoms with van der Waals surface area (Å²) in [6.45, 7) is 0.0959. The zero-order chi connectivity index (χ0) is 14.7. The van der Waals surface area contributed by atoms with Gasteiger partial charge in [-0.2, -0.15) is 0 Å². The number of carbonyl (C=O) groups is 1. The number of halogens is 2. The number of carbonyl (C=O) groups excluding carboxylic acids is 1. The molecule has 20 heavy (non-hydrogen) atoms. The number of nitrogens with one attached hydrogen (secondary N) is 1. The monoisotopic (exact) mass is 338 g/mol. The fraction of sp³-hybridized carbons (Fsp3) is 0.0714. The Morgan fingerprint density at radius 1 is 1.35 bits per heavy atom. The van der Waals surface area contributed by atoms with E-state index in [9.17, 15) is 14.3 Å². The second-order valence-corrected chi connectivity index (χ2v) is 4.97. The van der Waals surface area contributed by atoms with Crippen molar-refractivity contribution < 1.29 is 14.3 Å². The molecular formula is C14H12BrFN2O2. The Labute approximate surface area is 123 Å². The van der Waals surface area contributed by atoms with Crippen molar-refractivity contribution in [3.8, 4) is 5.75 Å². The third kappa shape index (κ3) is 3.08. The Hall–Kier alpha value is -2.08. The van der Waals surface area contributed by atoms with Crippen LogP contribution in [-0.4, -0.2) is 11.0 Å². The number of phenolic OH excluding ortho intramolecular Hbond substituents is 1. The first-order valence-electron chi connectivity index (χ1n) is 5.78. The molecule has 0 unspecified atom stereocenters. The molecule has 2 rings (SSSR count). The van der Waals surface area contributed by atoms with Crippen LogP contribution >= 0.6 is 15.9 Å². The van der Waals surface area contributed by atoms with Gasteiger partial charge in [-0.3, -0.25) is 4.79 Å². The Kier molecular flexibility index (Phi) is 4.24. The van der Waals surface area contributed by atoms with Crippen molar-refractivity contribution in [2.24, 2.45) is 0 Å². The Balaban J connectivity index is 2.13. The quantitative estimate of drug-likeness (QED) is 0.595. The third-order valence-corrected chi connectivity index (χ3v) is 3.55. The summed E-state index contributed by atoms with van der Waals surface area (Å²) in [5, 5.41) is 12.2. The zero-order valence-corrected chi connectivity index (χ0v) is 11.9. The number of anilines is 1. The van der Waals surface area contributed by atoms with Crippen molar-refractivity contribution in [3.05, 3.63) is 57.8 Å². The van der Waals surface area contributed by atoms with Gasteiger partial charge in [-0.15, -0.1) is 0 Å². The van der Waals surface area contributed by atoms with Gasteiger partial charge in [0.2, 0.25) is 0 Å². The molecule has 2 aromatic rings. The van der Waals surface area contributed by atoms with Crippen molar-refractivity contribution in [1.82, 2.24) is 5.32 Å². The minimum atomic E-state index is -0.510. The third-order valence-electron chi connectivity index (χ3n) is 2.74. The molecule has 104 valence electrons. The van der Waals surface area contributed by atoms with Crippen LogP contribution in [0.1, 0.15) is 15.9 Å². The van der Waals surface area contributed by atoms with Crippen molar-refractivity contribution in [1.29, 1.82) is 0 Å². The fourth-order valence-electron chi connectivity index (χ4n) is 1.70. The van der Waals surface area contributed by atoms with E-state index in [1.165, 1.54) is 24.3 Å². The predicted octanol–water partition coefficient (Wildman–Crippen LogP) is 2.81. The molecule has 0 saturated heterocycles. The maximum atomic E-state index is 13.3. The molecule has 0 aliphatic heterocycles. The highest BCUT2D eigenvalue weighted by atomic mass is 79.9. The normalized spacial score (nSPS) is 10.3. The number of rotatable bonds is 3. The van der Waals surface area contributed by atoms with E-state index in [0.29, 0.717) is 11.3 Å². The van der Waals surface area contributed by atoms with Crippen molar-refractivity contribution in [2.75, 3.05) is 5.73 Å². The summed E-state index contributed by atoms with van der Waals surface area (Å²) in [5.74, 6) is -0.916. The van der Waals surface area contributed by atoms with E-state index in [4.69, 9.17) is 5.73 Å². The molecule has 2 aromatic carbocycles. The molecule has 0 spiro atoms. The van der Waals surface area contributed by atoms with Crippen LogP contribution in [0.3, 0.4) is 0 Å². The molecular weight excluding hydrogens is 327 g/mol. The van der Waals surface area contributed by atoms with Gasteiger partial charge < -0.3 is 16.2 Å². The average molecular weight is 339 g/mol. The lowest BCUT2D eigenvalue weighted by molar-refractivity contribution is 0.0949. The number of benzene rings is 2. The van der Waals surface area contributed by atoms with Crippen LogP contribution in [0, 0.1) is 5.82 Å². The molecule has 0 saturated carbocycles. The van der Waals surface area contributed by atoms with E-state index in [1.807, 2.05) is 0 Å². The van der Waals surface area contributed by atoms with E-state index in [2.05, 4.69) is 21.2 Å². The van der Waals surface area contributed by atoms with E-state index in [-0.39, 0.29) is 22.3 Å². The van der Waals surface area contributed by atoms with Crippen LogP contribution in [-0.2, 0) is 6.54 Å². The summed E-state index contributed by atoms with van der Waals surface area (Å²) in [6, 6.07) is 8.79. The van der Waals surface area contributed by atoms with Gasteiger partial charge in [-0.25, -0.2) is 4.39 Å². The molecule has 0 aliphatic rings. The molecule has 1 amide bonds.